The summed E-state index contributed by atoms with van der Waals surface area (Å²) in [6.45, 7) is 6.42. The van der Waals surface area contributed by atoms with Gasteiger partial charge in [-0.25, -0.2) is 0 Å². The second-order valence-corrected chi connectivity index (χ2v) is 6.70. The first-order chi connectivity index (χ1) is 13.6. The highest BCUT2D eigenvalue weighted by molar-refractivity contribution is 5.78. The fraction of sp³-hybridized carbons (Fsp3) is 0.421. The van der Waals surface area contributed by atoms with Gasteiger partial charge in [-0.1, -0.05) is 41.4 Å². The molecule has 0 unspecified atom stereocenters. The minimum atomic E-state index is -0.0283. The molecule has 1 saturated heterocycles. The van der Waals surface area contributed by atoms with Crippen molar-refractivity contribution in [2.24, 2.45) is 0 Å². The molecule has 0 radical (unpaired) electrons. The van der Waals surface area contributed by atoms with Crippen molar-refractivity contribution in [3.63, 3.8) is 0 Å². The average molecular weight is 382 g/mol. The van der Waals surface area contributed by atoms with Gasteiger partial charge in [0.15, 0.2) is 0 Å². The van der Waals surface area contributed by atoms with Crippen LogP contribution in [-0.2, 0) is 17.6 Å². The highest BCUT2D eigenvalue weighted by Gasteiger charge is 2.25. The van der Waals surface area contributed by atoms with Crippen LogP contribution >= 0.6 is 0 Å². The molecule has 0 aliphatic carbocycles. The maximum Gasteiger partial charge on any atom is 0.318 e. The van der Waals surface area contributed by atoms with Crippen molar-refractivity contribution in [1.29, 1.82) is 0 Å². The van der Waals surface area contributed by atoms with E-state index in [9.17, 15) is 4.79 Å². The van der Waals surface area contributed by atoms with Crippen LogP contribution in [0.4, 0.5) is 6.01 Å². The number of piperazine rings is 1. The van der Waals surface area contributed by atoms with Crippen molar-refractivity contribution in [2.45, 2.75) is 26.7 Å². The zero-order chi connectivity index (χ0) is 19.5. The normalized spacial score (nSPS) is 14.5. The van der Waals surface area contributed by atoms with E-state index in [0.717, 1.165) is 11.1 Å². The largest absolute Gasteiger partial charge is 0.408 e. The molecule has 0 N–H and O–H groups in total. The highest BCUT2D eigenvalue weighted by atomic mass is 16.5. The van der Waals surface area contributed by atoms with Crippen molar-refractivity contribution in [2.75, 3.05) is 31.1 Å². The number of aromatic nitrogens is 4. The molecule has 3 aromatic rings. The van der Waals surface area contributed by atoms with Gasteiger partial charge < -0.3 is 18.7 Å². The van der Waals surface area contributed by atoms with Crippen LogP contribution in [0.3, 0.4) is 0 Å². The van der Waals surface area contributed by atoms with Crippen LogP contribution in [0.5, 0.6) is 0 Å². The van der Waals surface area contributed by atoms with Crippen molar-refractivity contribution in [1.82, 2.24) is 25.2 Å². The predicted octanol–water partition coefficient (Wildman–Crippen LogP) is 1.88. The smallest absolute Gasteiger partial charge is 0.318 e. The zero-order valence-electron chi connectivity index (χ0n) is 16.0. The van der Waals surface area contributed by atoms with E-state index in [0.29, 0.717) is 56.2 Å². The lowest BCUT2D eigenvalue weighted by Crippen LogP contribution is -2.49. The summed E-state index contributed by atoms with van der Waals surface area (Å²) in [5.74, 6) is 1.43. The zero-order valence-corrected chi connectivity index (χ0v) is 16.0. The second kappa shape index (κ2) is 7.79. The Labute approximate surface area is 162 Å². The third-order valence-electron chi connectivity index (χ3n) is 4.82. The lowest BCUT2D eigenvalue weighted by atomic mass is 10.1. The standard InChI is InChI=1S/C19H22N6O3/c1-3-15-21-22-19(27-15)25-10-8-24(9-11-25)17(26)12-16-20-18(23-28-16)14-7-5-4-6-13(14)2/h4-7H,3,8-12H2,1-2H3. The fourth-order valence-corrected chi connectivity index (χ4v) is 3.16. The number of carbonyl (C=O) groups excluding carboxylic acids is 1. The lowest BCUT2D eigenvalue weighted by Gasteiger charge is -2.33. The van der Waals surface area contributed by atoms with E-state index in [4.69, 9.17) is 8.94 Å². The van der Waals surface area contributed by atoms with Crippen LogP contribution in [0, 0.1) is 6.92 Å². The first kappa shape index (κ1) is 18.1. The molecule has 0 spiro atoms. The van der Waals surface area contributed by atoms with E-state index >= 15 is 0 Å². The summed E-state index contributed by atoms with van der Waals surface area (Å²) in [4.78, 5) is 20.8. The molecule has 1 amide bonds. The Hall–Kier alpha value is -3.23. The van der Waals surface area contributed by atoms with Crippen LogP contribution in [0.25, 0.3) is 11.4 Å². The third kappa shape index (κ3) is 3.73. The van der Waals surface area contributed by atoms with E-state index in [1.165, 1.54) is 0 Å². The van der Waals surface area contributed by atoms with Gasteiger partial charge in [-0.05, 0) is 12.5 Å². The molecular formula is C19H22N6O3. The minimum Gasteiger partial charge on any atom is -0.408 e. The number of amides is 1. The Morgan fingerprint density at radius 2 is 1.89 bits per heavy atom. The van der Waals surface area contributed by atoms with Gasteiger partial charge in [-0.3, -0.25) is 4.79 Å². The number of nitrogens with zero attached hydrogens (tertiary/aromatic N) is 6. The van der Waals surface area contributed by atoms with Crippen LogP contribution in [0.1, 0.15) is 24.3 Å². The molecule has 0 bridgehead atoms. The van der Waals surface area contributed by atoms with E-state index in [2.05, 4.69) is 20.3 Å². The van der Waals surface area contributed by atoms with Gasteiger partial charge in [0.25, 0.3) is 0 Å². The number of rotatable bonds is 5. The van der Waals surface area contributed by atoms with Crippen molar-refractivity contribution >= 4 is 11.9 Å². The predicted molar refractivity (Wildman–Crippen MR) is 101 cm³/mol. The molecule has 9 nitrogen and oxygen atoms in total. The summed E-state index contributed by atoms with van der Waals surface area (Å²) in [5.41, 5.74) is 1.97. The molecule has 0 saturated carbocycles. The number of aryl methyl sites for hydroxylation is 2. The van der Waals surface area contributed by atoms with Crippen molar-refractivity contribution in [3.05, 3.63) is 41.6 Å². The lowest BCUT2D eigenvalue weighted by molar-refractivity contribution is -0.131. The van der Waals surface area contributed by atoms with Crippen molar-refractivity contribution in [3.8, 4) is 11.4 Å². The molecule has 4 rings (SSSR count). The summed E-state index contributed by atoms with van der Waals surface area (Å²) < 4.78 is 10.9. The van der Waals surface area contributed by atoms with E-state index in [1.807, 2.05) is 43.0 Å². The molecular weight excluding hydrogens is 360 g/mol. The first-order valence-corrected chi connectivity index (χ1v) is 9.37. The summed E-state index contributed by atoms with van der Waals surface area (Å²) in [7, 11) is 0. The monoisotopic (exact) mass is 382 g/mol. The number of benzene rings is 1. The van der Waals surface area contributed by atoms with Gasteiger partial charge in [-0.15, -0.1) is 5.10 Å². The number of hydrogen-bond acceptors (Lipinski definition) is 8. The Morgan fingerprint density at radius 3 is 2.61 bits per heavy atom. The van der Waals surface area contributed by atoms with E-state index in [-0.39, 0.29) is 12.3 Å². The first-order valence-electron chi connectivity index (χ1n) is 9.37. The van der Waals surface area contributed by atoms with Gasteiger partial charge in [0.05, 0.1) is 0 Å². The third-order valence-corrected chi connectivity index (χ3v) is 4.82. The number of carbonyl (C=O) groups is 1. The van der Waals surface area contributed by atoms with Gasteiger partial charge in [-0.2, -0.15) is 4.98 Å². The Balaban J connectivity index is 1.34. The molecule has 28 heavy (non-hydrogen) atoms. The topological polar surface area (TPSA) is 101 Å². The molecule has 2 aromatic heterocycles. The maximum atomic E-state index is 12.6. The number of hydrogen-bond donors (Lipinski definition) is 0. The molecule has 1 aliphatic rings. The molecule has 3 heterocycles. The van der Waals surface area contributed by atoms with E-state index < -0.39 is 0 Å². The molecule has 9 heteroatoms. The van der Waals surface area contributed by atoms with Gasteiger partial charge in [0.2, 0.25) is 23.5 Å². The van der Waals surface area contributed by atoms with Crippen LogP contribution in [0.2, 0.25) is 0 Å². The van der Waals surface area contributed by atoms with Crippen LogP contribution in [0.15, 0.2) is 33.2 Å². The van der Waals surface area contributed by atoms with Crippen LogP contribution < -0.4 is 4.90 Å². The maximum absolute atomic E-state index is 12.6. The molecule has 0 atom stereocenters. The summed E-state index contributed by atoms with van der Waals surface area (Å²) >= 11 is 0. The average Bonchev–Trinajstić information content (AvgIpc) is 3.38. The van der Waals surface area contributed by atoms with Gasteiger partial charge in [0, 0.05) is 38.2 Å². The quantitative estimate of drug-likeness (QED) is 0.659. The summed E-state index contributed by atoms with van der Waals surface area (Å²) in [5, 5.41) is 12.1. The Bertz CT molecular complexity index is 958. The molecule has 1 aromatic carbocycles. The van der Waals surface area contributed by atoms with Gasteiger partial charge >= 0.3 is 6.01 Å². The minimum absolute atomic E-state index is 0.0283. The summed E-state index contributed by atoms with van der Waals surface area (Å²) in [6, 6.07) is 8.33. The Kier molecular flexibility index (Phi) is 5.05. The fourth-order valence-electron chi connectivity index (χ4n) is 3.16. The van der Waals surface area contributed by atoms with Crippen LogP contribution in [-0.4, -0.2) is 57.3 Å². The SMILES string of the molecule is CCc1nnc(N2CCN(C(=O)Cc3nc(-c4ccccc4C)no3)CC2)o1. The molecule has 1 fully saturated rings. The highest BCUT2D eigenvalue weighted by Crippen LogP contribution is 2.20. The van der Waals surface area contributed by atoms with Gasteiger partial charge in [0.1, 0.15) is 6.42 Å². The number of anilines is 1. The van der Waals surface area contributed by atoms with Crippen molar-refractivity contribution < 1.29 is 13.7 Å². The van der Waals surface area contributed by atoms with E-state index in [1.54, 1.807) is 4.90 Å². The summed E-state index contributed by atoms with van der Waals surface area (Å²) in [6.07, 6.45) is 0.805. The second-order valence-electron chi connectivity index (χ2n) is 6.70. The Morgan fingerprint density at radius 1 is 1.11 bits per heavy atom. The molecule has 146 valence electrons. The molecule has 1 aliphatic heterocycles.